The van der Waals surface area contributed by atoms with Gasteiger partial charge in [0.2, 0.25) is 0 Å². The van der Waals surface area contributed by atoms with E-state index in [1.807, 2.05) is 18.2 Å². The quantitative estimate of drug-likeness (QED) is 0.362. The van der Waals surface area contributed by atoms with Crippen LogP contribution in [0, 0.1) is 6.07 Å². The van der Waals surface area contributed by atoms with Crippen molar-refractivity contribution in [3.05, 3.63) is 48.6 Å². The van der Waals surface area contributed by atoms with Crippen molar-refractivity contribution in [3.63, 3.8) is 0 Å². The van der Waals surface area contributed by atoms with Gasteiger partial charge >= 0.3 is 0 Å². The van der Waals surface area contributed by atoms with Crippen molar-refractivity contribution >= 4 is 0 Å². The van der Waals surface area contributed by atoms with E-state index in [2.05, 4.69) is 44.2 Å². The van der Waals surface area contributed by atoms with Gasteiger partial charge in [0.25, 0.3) is 0 Å². The summed E-state index contributed by atoms with van der Waals surface area (Å²) in [6, 6.07) is 8.83. The van der Waals surface area contributed by atoms with Gasteiger partial charge in [-0.15, -0.1) is 0 Å². The summed E-state index contributed by atoms with van der Waals surface area (Å²) in [6.07, 6.45) is 15.3. The molecule has 0 aliphatic heterocycles. The summed E-state index contributed by atoms with van der Waals surface area (Å²) < 4.78 is 11.5. The average Bonchev–Trinajstić information content (AvgIpc) is 2.54. The highest BCUT2D eigenvalue weighted by Crippen LogP contribution is 2.19. The van der Waals surface area contributed by atoms with Crippen molar-refractivity contribution in [1.29, 1.82) is 0 Å². The smallest absolute Gasteiger partial charge is 0.130 e. The first kappa shape index (κ1) is 18.3. The second-order valence-corrected chi connectivity index (χ2v) is 5.22. The average molecular weight is 301 g/mol. The van der Waals surface area contributed by atoms with Crippen LogP contribution in [-0.2, 0) is 0 Å². The van der Waals surface area contributed by atoms with Gasteiger partial charge in [-0.05, 0) is 64.5 Å². The van der Waals surface area contributed by atoms with Gasteiger partial charge in [0.1, 0.15) is 11.5 Å². The van der Waals surface area contributed by atoms with E-state index >= 15 is 0 Å². The molecule has 0 N–H and O–H groups in total. The number of hydrogen-bond donors (Lipinski definition) is 0. The molecule has 0 heterocycles. The van der Waals surface area contributed by atoms with Crippen LogP contribution in [0.5, 0.6) is 11.5 Å². The summed E-state index contributed by atoms with van der Waals surface area (Å²) in [5, 5.41) is 0. The third-order valence-electron chi connectivity index (χ3n) is 3.27. The summed E-state index contributed by atoms with van der Waals surface area (Å²) in [5.74, 6) is 1.64. The van der Waals surface area contributed by atoms with Crippen molar-refractivity contribution in [2.75, 3.05) is 13.2 Å². The molecule has 1 aromatic carbocycles. The molecular weight excluding hydrogens is 272 g/mol. The lowest BCUT2D eigenvalue weighted by Crippen LogP contribution is -1.99. The molecule has 0 aromatic heterocycles. The lowest BCUT2D eigenvalue weighted by Gasteiger charge is -2.09. The first-order chi connectivity index (χ1) is 10.9. The van der Waals surface area contributed by atoms with Crippen LogP contribution in [0.4, 0.5) is 0 Å². The maximum atomic E-state index is 5.75. The van der Waals surface area contributed by atoms with Crippen LogP contribution in [0.2, 0.25) is 0 Å². The molecule has 2 nitrogen and oxygen atoms in total. The van der Waals surface area contributed by atoms with Crippen LogP contribution in [0.25, 0.3) is 0 Å². The zero-order valence-corrected chi connectivity index (χ0v) is 14.0. The van der Waals surface area contributed by atoms with E-state index in [1.54, 1.807) is 0 Å². The molecular formula is C20H29O2. The Morgan fingerprint density at radius 2 is 1.55 bits per heavy atom. The molecule has 0 fully saturated rings. The van der Waals surface area contributed by atoms with E-state index in [9.17, 15) is 0 Å². The molecule has 0 saturated heterocycles. The first-order valence-corrected chi connectivity index (χ1v) is 8.36. The van der Waals surface area contributed by atoms with E-state index in [1.165, 1.54) is 6.42 Å². The minimum atomic E-state index is 0.737. The van der Waals surface area contributed by atoms with E-state index in [0.717, 1.165) is 56.8 Å². The summed E-state index contributed by atoms with van der Waals surface area (Å²) in [7, 11) is 0. The second-order valence-electron chi connectivity index (χ2n) is 5.22. The predicted octanol–water partition coefficient (Wildman–Crippen LogP) is 5.74. The zero-order chi connectivity index (χ0) is 15.9. The summed E-state index contributed by atoms with van der Waals surface area (Å²) >= 11 is 0. The maximum Gasteiger partial charge on any atom is 0.130 e. The monoisotopic (exact) mass is 301 g/mol. The molecule has 0 amide bonds. The molecule has 0 bridgehead atoms. The van der Waals surface area contributed by atoms with Gasteiger partial charge in [-0.2, -0.15) is 0 Å². The van der Waals surface area contributed by atoms with Crippen LogP contribution < -0.4 is 9.47 Å². The Kier molecular flexibility index (Phi) is 10.8. The number of hydrogen-bond acceptors (Lipinski definition) is 2. The Balaban J connectivity index is 2.18. The normalized spacial score (nSPS) is 11.4. The first-order valence-electron chi connectivity index (χ1n) is 8.36. The van der Waals surface area contributed by atoms with Crippen molar-refractivity contribution in [2.45, 2.75) is 52.4 Å². The Morgan fingerprint density at radius 1 is 0.909 bits per heavy atom. The van der Waals surface area contributed by atoms with E-state index in [-0.39, 0.29) is 0 Å². The number of benzene rings is 1. The number of ether oxygens (including phenoxy) is 2. The van der Waals surface area contributed by atoms with Crippen molar-refractivity contribution < 1.29 is 9.47 Å². The van der Waals surface area contributed by atoms with E-state index < -0.39 is 0 Å². The lowest BCUT2D eigenvalue weighted by atomic mass is 10.2. The number of unbranched alkanes of at least 4 members (excludes halogenated alkanes) is 4. The molecule has 0 saturated carbocycles. The molecule has 1 rings (SSSR count). The maximum absolute atomic E-state index is 5.75. The predicted molar refractivity (Wildman–Crippen MR) is 93.6 cm³/mol. The fourth-order valence-corrected chi connectivity index (χ4v) is 2.03. The standard InChI is InChI=1S/C20H29O2/c1-3-5-7-9-11-16-21-19-14-13-15-20(18-19)22-17-12-10-8-6-4-2/h3-6,13-14,18H,7-12,16-17H2,1-2H3/b5-3+,6-4+. The Morgan fingerprint density at radius 3 is 2.18 bits per heavy atom. The van der Waals surface area contributed by atoms with Gasteiger partial charge in [0.05, 0.1) is 13.2 Å². The SMILES string of the molecule is C/C=C/CCCCOc1[c]ccc(OCCCC/C=C/C)c1. The molecule has 22 heavy (non-hydrogen) atoms. The second kappa shape index (κ2) is 13.0. The topological polar surface area (TPSA) is 18.5 Å². The van der Waals surface area contributed by atoms with Crippen LogP contribution in [-0.4, -0.2) is 13.2 Å². The molecule has 1 radical (unpaired) electrons. The van der Waals surface area contributed by atoms with Crippen molar-refractivity contribution in [3.8, 4) is 11.5 Å². The highest BCUT2D eigenvalue weighted by Gasteiger charge is 1.98. The zero-order valence-electron chi connectivity index (χ0n) is 14.0. The van der Waals surface area contributed by atoms with E-state index in [4.69, 9.17) is 9.47 Å². The largest absolute Gasteiger partial charge is 0.493 e. The summed E-state index contributed by atoms with van der Waals surface area (Å²) in [4.78, 5) is 0. The summed E-state index contributed by atoms with van der Waals surface area (Å²) in [6.45, 7) is 5.60. The van der Waals surface area contributed by atoms with Crippen LogP contribution in [0.1, 0.15) is 52.4 Å². The Bertz CT molecular complexity index is 398. The van der Waals surface area contributed by atoms with Gasteiger partial charge in [-0.3, -0.25) is 0 Å². The third-order valence-corrected chi connectivity index (χ3v) is 3.27. The molecule has 0 aliphatic rings. The molecule has 1 aromatic rings. The molecule has 121 valence electrons. The molecule has 0 aliphatic carbocycles. The van der Waals surface area contributed by atoms with Crippen LogP contribution >= 0.6 is 0 Å². The molecule has 0 spiro atoms. The van der Waals surface area contributed by atoms with E-state index in [0.29, 0.717) is 0 Å². The minimum absolute atomic E-state index is 0.737. The highest BCUT2D eigenvalue weighted by atomic mass is 16.5. The Hall–Kier alpha value is -1.70. The van der Waals surface area contributed by atoms with Gasteiger partial charge in [-0.1, -0.05) is 24.3 Å². The lowest BCUT2D eigenvalue weighted by molar-refractivity contribution is 0.292. The number of allylic oxidation sites excluding steroid dienone is 4. The van der Waals surface area contributed by atoms with Crippen LogP contribution in [0.15, 0.2) is 42.5 Å². The fraction of sp³-hybridized carbons (Fsp3) is 0.500. The highest BCUT2D eigenvalue weighted by molar-refractivity contribution is 5.31. The van der Waals surface area contributed by atoms with Gasteiger partial charge in [0.15, 0.2) is 0 Å². The van der Waals surface area contributed by atoms with Crippen molar-refractivity contribution in [2.24, 2.45) is 0 Å². The number of rotatable bonds is 12. The molecule has 0 atom stereocenters. The van der Waals surface area contributed by atoms with Gasteiger partial charge in [0, 0.05) is 12.1 Å². The minimum Gasteiger partial charge on any atom is -0.493 e. The molecule has 2 heteroatoms. The Labute approximate surface area is 135 Å². The molecule has 0 unspecified atom stereocenters. The van der Waals surface area contributed by atoms with Crippen molar-refractivity contribution in [1.82, 2.24) is 0 Å². The third kappa shape index (κ3) is 9.28. The fourth-order valence-electron chi connectivity index (χ4n) is 2.03. The van der Waals surface area contributed by atoms with Crippen LogP contribution in [0.3, 0.4) is 0 Å². The van der Waals surface area contributed by atoms with Gasteiger partial charge in [-0.25, -0.2) is 0 Å². The summed E-state index contributed by atoms with van der Waals surface area (Å²) in [5.41, 5.74) is 0. The van der Waals surface area contributed by atoms with Gasteiger partial charge < -0.3 is 9.47 Å².